The molecule has 5 nitrogen and oxygen atoms in total. The van der Waals surface area contributed by atoms with E-state index in [0.717, 1.165) is 49.9 Å². The summed E-state index contributed by atoms with van der Waals surface area (Å²) in [6.07, 6.45) is 7.76. The summed E-state index contributed by atoms with van der Waals surface area (Å²) in [5.41, 5.74) is 1.75. The monoisotopic (exact) mass is 371 g/mol. The van der Waals surface area contributed by atoms with Crippen LogP contribution in [0.15, 0.2) is 24.3 Å². The number of hydrogen-bond acceptors (Lipinski definition) is 3. The van der Waals surface area contributed by atoms with Crippen molar-refractivity contribution in [1.29, 1.82) is 0 Å². The molecule has 0 bridgehead atoms. The van der Waals surface area contributed by atoms with Gasteiger partial charge in [0.15, 0.2) is 0 Å². The normalized spacial score (nSPS) is 20.8. The van der Waals surface area contributed by atoms with Crippen LogP contribution in [0.3, 0.4) is 0 Å². The minimum Gasteiger partial charge on any atom is -0.352 e. The molecular weight excluding hydrogens is 338 g/mol. The van der Waals surface area contributed by atoms with Crippen LogP contribution in [0.4, 0.5) is 0 Å². The van der Waals surface area contributed by atoms with Crippen molar-refractivity contribution in [3.05, 3.63) is 35.4 Å². The molecule has 1 saturated heterocycles. The number of likely N-dealkylation sites (tertiary alicyclic amines) is 1. The van der Waals surface area contributed by atoms with Crippen LogP contribution >= 0.6 is 0 Å². The maximum Gasteiger partial charge on any atom is 0.251 e. The molecule has 2 fully saturated rings. The van der Waals surface area contributed by atoms with Crippen LogP contribution < -0.4 is 10.6 Å². The van der Waals surface area contributed by atoms with Crippen molar-refractivity contribution in [1.82, 2.24) is 15.5 Å². The number of benzene rings is 1. The van der Waals surface area contributed by atoms with Crippen LogP contribution in [0.1, 0.15) is 67.8 Å². The fourth-order valence-electron chi connectivity index (χ4n) is 4.26. The van der Waals surface area contributed by atoms with E-state index in [0.29, 0.717) is 6.04 Å². The Morgan fingerprint density at radius 1 is 0.963 bits per heavy atom. The van der Waals surface area contributed by atoms with Crippen LogP contribution in [0.2, 0.25) is 0 Å². The van der Waals surface area contributed by atoms with Gasteiger partial charge in [-0.3, -0.25) is 14.5 Å². The third-order valence-electron chi connectivity index (χ3n) is 6.13. The SMILES string of the molecule is Cc1ccccc1C(=O)NC1CCN(C(C)C(=O)NC2CCCCC2)CC1. The summed E-state index contributed by atoms with van der Waals surface area (Å²) in [7, 11) is 0. The average molecular weight is 372 g/mol. The molecule has 1 unspecified atom stereocenters. The van der Waals surface area contributed by atoms with Crippen molar-refractivity contribution < 1.29 is 9.59 Å². The van der Waals surface area contributed by atoms with E-state index in [2.05, 4.69) is 15.5 Å². The summed E-state index contributed by atoms with van der Waals surface area (Å²) in [5.74, 6) is 0.166. The maximum atomic E-state index is 12.6. The largest absolute Gasteiger partial charge is 0.352 e. The van der Waals surface area contributed by atoms with Crippen molar-refractivity contribution in [3.8, 4) is 0 Å². The molecule has 1 aliphatic heterocycles. The third-order valence-corrected chi connectivity index (χ3v) is 6.13. The molecule has 0 spiro atoms. The Morgan fingerprint density at radius 3 is 2.26 bits per heavy atom. The summed E-state index contributed by atoms with van der Waals surface area (Å²) < 4.78 is 0. The number of carbonyl (C=O) groups excluding carboxylic acids is 2. The molecule has 27 heavy (non-hydrogen) atoms. The average Bonchev–Trinajstić information content (AvgIpc) is 2.69. The number of amides is 2. The summed E-state index contributed by atoms with van der Waals surface area (Å²) in [6.45, 7) is 5.66. The highest BCUT2D eigenvalue weighted by Gasteiger charge is 2.28. The fraction of sp³-hybridized carbons (Fsp3) is 0.636. The second-order valence-electron chi connectivity index (χ2n) is 8.12. The number of piperidine rings is 1. The van der Waals surface area contributed by atoms with Gasteiger partial charge in [0, 0.05) is 30.7 Å². The molecule has 1 aromatic carbocycles. The van der Waals surface area contributed by atoms with E-state index in [1.54, 1.807) is 0 Å². The van der Waals surface area contributed by atoms with Crippen molar-refractivity contribution in [2.45, 2.75) is 76.9 Å². The quantitative estimate of drug-likeness (QED) is 0.836. The summed E-state index contributed by atoms with van der Waals surface area (Å²) >= 11 is 0. The molecular formula is C22H33N3O2. The second-order valence-corrected chi connectivity index (χ2v) is 8.12. The van der Waals surface area contributed by atoms with Gasteiger partial charge in [0.05, 0.1) is 6.04 Å². The van der Waals surface area contributed by atoms with Gasteiger partial charge in [0.25, 0.3) is 5.91 Å². The van der Waals surface area contributed by atoms with E-state index in [1.807, 2.05) is 38.1 Å². The Bertz CT molecular complexity index is 647. The third kappa shape index (κ3) is 5.32. The minimum atomic E-state index is -0.0973. The van der Waals surface area contributed by atoms with Crippen molar-refractivity contribution in [3.63, 3.8) is 0 Å². The first-order chi connectivity index (χ1) is 13.0. The van der Waals surface area contributed by atoms with E-state index in [-0.39, 0.29) is 23.9 Å². The molecule has 2 aliphatic rings. The van der Waals surface area contributed by atoms with E-state index in [1.165, 1.54) is 19.3 Å². The van der Waals surface area contributed by atoms with E-state index >= 15 is 0 Å². The molecule has 2 amide bonds. The summed E-state index contributed by atoms with van der Waals surface area (Å²) in [6, 6.07) is 8.13. The van der Waals surface area contributed by atoms with Gasteiger partial charge in [0.2, 0.25) is 5.91 Å². The van der Waals surface area contributed by atoms with Gasteiger partial charge in [-0.2, -0.15) is 0 Å². The zero-order chi connectivity index (χ0) is 19.2. The van der Waals surface area contributed by atoms with Crippen LogP contribution in [0.25, 0.3) is 0 Å². The van der Waals surface area contributed by atoms with Crippen LogP contribution in [0.5, 0.6) is 0 Å². The lowest BCUT2D eigenvalue weighted by Gasteiger charge is -2.36. The first-order valence-corrected chi connectivity index (χ1v) is 10.5. The molecule has 1 aromatic rings. The minimum absolute atomic E-state index is 0.00893. The highest BCUT2D eigenvalue weighted by molar-refractivity contribution is 5.95. The van der Waals surface area contributed by atoms with Gasteiger partial charge in [-0.1, -0.05) is 37.5 Å². The van der Waals surface area contributed by atoms with Crippen molar-refractivity contribution in [2.24, 2.45) is 0 Å². The lowest BCUT2D eigenvalue weighted by molar-refractivity contribution is -0.127. The number of nitrogens with one attached hydrogen (secondary N) is 2. The molecule has 5 heteroatoms. The van der Waals surface area contributed by atoms with Crippen LogP contribution in [-0.2, 0) is 4.79 Å². The second kappa shape index (κ2) is 9.36. The Morgan fingerprint density at radius 2 is 1.59 bits per heavy atom. The number of aryl methyl sites for hydroxylation is 1. The van der Waals surface area contributed by atoms with Crippen LogP contribution in [-0.4, -0.2) is 47.9 Å². The molecule has 148 valence electrons. The number of carbonyl (C=O) groups is 2. The lowest BCUT2D eigenvalue weighted by atomic mass is 9.95. The molecule has 1 atom stereocenters. The Kier molecular flexibility index (Phi) is 6.89. The van der Waals surface area contributed by atoms with E-state index in [9.17, 15) is 9.59 Å². The highest BCUT2D eigenvalue weighted by Crippen LogP contribution is 2.19. The molecule has 2 N–H and O–H groups in total. The topological polar surface area (TPSA) is 61.4 Å². The van der Waals surface area contributed by atoms with E-state index < -0.39 is 0 Å². The number of hydrogen-bond donors (Lipinski definition) is 2. The molecule has 1 aliphatic carbocycles. The highest BCUT2D eigenvalue weighted by atomic mass is 16.2. The first kappa shape index (κ1) is 19.9. The maximum absolute atomic E-state index is 12.6. The lowest BCUT2D eigenvalue weighted by Crippen LogP contribution is -2.53. The predicted octanol–water partition coefficient (Wildman–Crippen LogP) is 3.03. The van der Waals surface area contributed by atoms with Crippen LogP contribution in [0, 0.1) is 6.92 Å². The molecule has 3 rings (SSSR count). The molecule has 1 heterocycles. The summed E-state index contributed by atoms with van der Waals surface area (Å²) in [5, 5.41) is 6.40. The van der Waals surface area contributed by atoms with Gasteiger partial charge in [0.1, 0.15) is 0 Å². The number of rotatable bonds is 5. The Labute approximate surface area is 162 Å². The standard InChI is InChI=1S/C22H33N3O2/c1-16-8-6-7-11-20(16)22(27)24-19-12-14-25(15-13-19)17(2)21(26)23-18-9-4-3-5-10-18/h6-8,11,17-19H,3-5,9-10,12-15H2,1-2H3,(H,23,26)(H,24,27). The Hall–Kier alpha value is -1.88. The Balaban J connectivity index is 1.44. The fourth-order valence-corrected chi connectivity index (χ4v) is 4.26. The molecule has 0 aromatic heterocycles. The van der Waals surface area contributed by atoms with Gasteiger partial charge in [-0.15, -0.1) is 0 Å². The zero-order valence-electron chi connectivity index (χ0n) is 16.7. The number of nitrogens with zero attached hydrogens (tertiary/aromatic N) is 1. The van der Waals surface area contributed by atoms with Crippen molar-refractivity contribution >= 4 is 11.8 Å². The van der Waals surface area contributed by atoms with Crippen molar-refractivity contribution in [2.75, 3.05) is 13.1 Å². The van der Waals surface area contributed by atoms with Gasteiger partial charge in [-0.05, 0) is 51.2 Å². The first-order valence-electron chi connectivity index (χ1n) is 10.5. The van der Waals surface area contributed by atoms with Gasteiger partial charge >= 0.3 is 0 Å². The molecule has 1 saturated carbocycles. The van der Waals surface area contributed by atoms with Gasteiger partial charge < -0.3 is 10.6 Å². The summed E-state index contributed by atoms with van der Waals surface area (Å²) in [4.78, 5) is 27.3. The van der Waals surface area contributed by atoms with E-state index in [4.69, 9.17) is 0 Å². The molecule has 0 radical (unpaired) electrons. The predicted molar refractivity (Wildman–Crippen MR) is 108 cm³/mol. The van der Waals surface area contributed by atoms with Gasteiger partial charge in [-0.25, -0.2) is 0 Å². The smallest absolute Gasteiger partial charge is 0.251 e. The zero-order valence-corrected chi connectivity index (χ0v) is 16.7.